The predicted octanol–water partition coefficient (Wildman–Crippen LogP) is 1.80. The van der Waals surface area contributed by atoms with Crippen molar-refractivity contribution in [1.82, 2.24) is 9.80 Å². The van der Waals surface area contributed by atoms with E-state index in [1.54, 1.807) is 46.2 Å². The van der Waals surface area contributed by atoms with Crippen LogP contribution in [0.4, 0.5) is 5.69 Å². The van der Waals surface area contributed by atoms with E-state index in [0.717, 1.165) is 21.8 Å². The van der Waals surface area contributed by atoms with Gasteiger partial charge in [-0.3, -0.25) is 13.9 Å². The van der Waals surface area contributed by atoms with Gasteiger partial charge in [0, 0.05) is 26.2 Å². The Labute approximate surface area is 171 Å². The Morgan fingerprint density at radius 1 is 0.931 bits per heavy atom. The highest BCUT2D eigenvalue weighted by molar-refractivity contribution is 7.92. The Kier molecular flexibility index (Phi) is 6.22. The number of sulfonamides is 1. The lowest BCUT2D eigenvalue weighted by molar-refractivity contribution is -0.133. The molecule has 0 unspecified atom stereocenters. The first-order valence-corrected chi connectivity index (χ1v) is 10.9. The number of aryl methyl sites for hydroxylation is 2. The Morgan fingerprint density at radius 3 is 1.97 bits per heavy atom. The van der Waals surface area contributed by atoms with Gasteiger partial charge in [0.05, 0.1) is 10.6 Å². The lowest BCUT2D eigenvalue weighted by Crippen LogP contribution is -2.51. The van der Waals surface area contributed by atoms with E-state index in [2.05, 4.69) is 0 Å². The highest BCUT2D eigenvalue weighted by Crippen LogP contribution is 2.24. The van der Waals surface area contributed by atoms with Gasteiger partial charge in [0.15, 0.2) is 0 Å². The molecule has 0 spiro atoms. The van der Waals surface area contributed by atoms with Crippen LogP contribution in [0.15, 0.2) is 53.4 Å². The van der Waals surface area contributed by atoms with Crippen molar-refractivity contribution in [2.45, 2.75) is 18.7 Å². The minimum Gasteiger partial charge on any atom is -0.342 e. The van der Waals surface area contributed by atoms with Crippen LogP contribution >= 0.6 is 0 Å². The summed E-state index contributed by atoms with van der Waals surface area (Å²) in [5, 5.41) is 0. The van der Waals surface area contributed by atoms with Gasteiger partial charge in [-0.2, -0.15) is 0 Å². The third-order valence-corrected chi connectivity index (χ3v) is 6.81. The number of nitrogens with zero attached hydrogens (tertiary/aromatic N) is 3. The van der Waals surface area contributed by atoms with Crippen molar-refractivity contribution in [3.8, 4) is 0 Å². The van der Waals surface area contributed by atoms with Crippen LogP contribution in [0.3, 0.4) is 0 Å². The van der Waals surface area contributed by atoms with Crippen molar-refractivity contribution in [1.29, 1.82) is 0 Å². The molecule has 2 amide bonds. The molecule has 2 aromatic rings. The van der Waals surface area contributed by atoms with Crippen molar-refractivity contribution >= 4 is 28.0 Å². The molecule has 2 aromatic carbocycles. The third kappa shape index (κ3) is 4.76. The molecular formula is C21H25N3O4S. The Bertz CT molecular complexity index is 964. The highest BCUT2D eigenvalue weighted by atomic mass is 32.2. The number of hydrogen-bond acceptors (Lipinski definition) is 4. The molecule has 0 atom stereocenters. The maximum atomic E-state index is 13.3. The first-order valence-electron chi connectivity index (χ1n) is 9.44. The van der Waals surface area contributed by atoms with E-state index in [0.29, 0.717) is 31.9 Å². The maximum absolute atomic E-state index is 13.3. The first-order chi connectivity index (χ1) is 13.8. The summed E-state index contributed by atoms with van der Waals surface area (Å²) in [5.74, 6) is -0.285. The van der Waals surface area contributed by atoms with Crippen LogP contribution in [0.5, 0.6) is 0 Å². The van der Waals surface area contributed by atoms with Crippen LogP contribution in [0.2, 0.25) is 0 Å². The fourth-order valence-corrected chi connectivity index (χ4v) is 4.58. The van der Waals surface area contributed by atoms with Crippen LogP contribution in [0, 0.1) is 13.8 Å². The standard InChI is InChI=1S/C21H25N3O4S/c1-17-3-7-19(8-4-17)24(29(27,28)20-9-5-18(2)6-10-20)15-21(26)23-13-11-22(16-25)12-14-23/h3-10,16H,11-15H2,1-2H3. The number of hydrogen-bond donors (Lipinski definition) is 0. The Balaban J connectivity index is 1.89. The molecule has 154 valence electrons. The molecule has 7 nitrogen and oxygen atoms in total. The SMILES string of the molecule is Cc1ccc(N(CC(=O)N2CCN(C=O)CC2)S(=O)(=O)c2ccc(C)cc2)cc1. The number of anilines is 1. The molecule has 0 N–H and O–H groups in total. The second-order valence-electron chi connectivity index (χ2n) is 7.18. The molecule has 0 saturated carbocycles. The van der Waals surface area contributed by atoms with E-state index >= 15 is 0 Å². The molecule has 1 fully saturated rings. The van der Waals surface area contributed by atoms with Crippen LogP contribution in [-0.4, -0.2) is 63.3 Å². The summed E-state index contributed by atoms with van der Waals surface area (Å²) in [7, 11) is -3.91. The molecule has 0 radical (unpaired) electrons. The van der Waals surface area contributed by atoms with Gasteiger partial charge >= 0.3 is 0 Å². The normalized spacial score (nSPS) is 14.6. The van der Waals surface area contributed by atoms with Crippen LogP contribution < -0.4 is 4.31 Å². The summed E-state index contributed by atoms with van der Waals surface area (Å²) >= 11 is 0. The third-order valence-electron chi connectivity index (χ3n) is 5.03. The van der Waals surface area contributed by atoms with Crippen molar-refractivity contribution < 1.29 is 18.0 Å². The molecule has 3 rings (SSSR count). The molecule has 1 saturated heterocycles. The zero-order valence-corrected chi connectivity index (χ0v) is 17.4. The van der Waals surface area contributed by atoms with E-state index in [9.17, 15) is 18.0 Å². The van der Waals surface area contributed by atoms with E-state index in [4.69, 9.17) is 0 Å². The van der Waals surface area contributed by atoms with E-state index in [1.807, 2.05) is 26.0 Å². The molecule has 0 aromatic heterocycles. The van der Waals surface area contributed by atoms with Crippen LogP contribution in [0.1, 0.15) is 11.1 Å². The van der Waals surface area contributed by atoms with Gasteiger partial charge in [0.1, 0.15) is 6.54 Å². The maximum Gasteiger partial charge on any atom is 0.264 e. The fraction of sp³-hybridized carbons (Fsp3) is 0.333. The summed E-state index contributed by atoms with van der Waals surface area (Å²) in [6.07, 6.45) is 0.766. The van der Waals surface area contributed by atoms with E-state index < -0.39 is 10.0 Å². The van der Waals surface area contributed by atoms with Gasteiger partial charge in [0.2, 0.25) is 12.3 Å². The van der Waals surface area contributed by atoms with Gasteiger partial charge in [-0.25, -0.2) is 8.42 Å². The van der Waals surface area contributed by atoms with Crippen LogP contribution in [0.25, 0.3) is 0 Å². The topological polar surface area (TPSA) is 78.0 Å². The predicted molar refractivity (Wildman–Crippen MR) is 111 cm³/mol. The summed E-state index contributed by atoms with van der Waals surface area (Å²) in [6.45, 7) is 5.19. The molecule has 1 aliphatic heterocycles. The van der Waals surface area contributed by atoms with Gasteiger partial charge in [-0.05, 0) is 38.1 Å². The van der Waals surface area contributed by atoms with Crippen LogP contribution in [-0.2, 0) is 19.6 Å². The number of benzene rings is 2. The number of piperazine rings is 1. The quantitative estimate of drug-likeness (QED) is 0.674. The minimum absolute atomic E-state index is 0.141. The number of amides is 2. The van der Waals surface area contributed by atoms with Gasteiger partial charge < -0.3 is 9.80 Å². The molecule has 1 aliphatic rings. The smallest absolute Gasteiger partial charge is 0.264 e. The summed E-state index contributed by atoms with van der Waals surface area (Å²) in [5.41, 5.74) is 2.39. The van der Waals surface area contributed by atoms with Crippen molar-refractivity contribution in [3.05, 3.63) is 59.7 Å². The van der Waals surface area contributed by atoms with Crippen molar-refractivity contribution in [3.63, 3.8) is 0 Å². The lowest BCUT2D eigenvalue weighted by atomic mass is 10.2. The zero-order chi connectivity index (χ0) is 21.0. The van der Waals surface area contributed by atoms with Crippen molar-refractivity contribution in [2.75, 3.05) is 37.0 Å². The molecular weight excluding hydrogens is 390 g/mol. The fourth-order valence-electron chi connectivity index (χ4n) is 3.16. The average molecular weight is 416 g/mol. The largest absolute Gasteiger partial charge is 0.342 e. The molecule has 8 heteroatoms. The number of carbonyl (C=O) groups is 2. The average Bonchev–Trinajstić information content (AvgIpc) is 2.73. The monoisotopic (exact) mass is 415 g/mol. The molecule has 0 aliphatic carbocycles. The van der Waals surface area contributed by atoms with E-state index in [1.165, 1.54) is 0 Å². The number of carbonyl (C=O) groups excluding carboxylic acids is 2. The molecule has 0 bridgehead atoms. The van der Waals surface area contributed by atoms with Gasteiger partial charge in [0.25, 0.3) is 10.0 Å². The summed E-state index contributed by atoms with van der Waals surface area (Å²) < 4.78 is 27.9. The second-order valence-corrected chi connectivity index (χ2v) is 9.04. The van der Waals surface area contributed by atoms with Gasteiger partial charge in [-0.15, -0.1) is 0 Å². The Hall–Kier alpha value is -2.87. The second kappa shape index (κ2) is 8.65. The first kappa shape index (κ1) is 20.9. The lowest BCUT2D eigenvalue weighted by Gasteiger charge is -2.34. The zero-order valence-electron chi connectivity index (χ0n) is 16.6. The Morgan fingerprint density at radius 2 is 1.45 bits per heavy atom. The minimum atomic E-state index is -3.91. The summed E-state index contributed by atoms with van der Waals surface area (Å²) in [4.78, 5) is 27.1. The molecule has 1 heterocycles. The van der Waals surface area contributed by atoms with Gasteiger partial charge in [-0.1, -0.05) is 35.4 Å². The molecule has 29 heavy (non-hydrogen) atoms. The highest BCUT2D eigenvalue weighted by Gasteiger charge is 2.30. The van der Waals surface area contributed by atoms with E-state index in [-0.39, 0.29) is 17.3 Å². The number of rotatable bonds is 6. The van der Waals surface area contributed by atoms with Crippen molar-refractivity contribution in [2.24, 2.45) is 0 Å². The summed E-state index contributed by atoms with van der Waals surface area (Å²) in [6, 6.07) is 13.6.